The number of likely N-dealkylation sites (tertiary alicyclic amines) is 1. The molecule has 1 aliphatic heterocycles. The van der Waals surface area contributed by atoms with Crippen LogP contribution in [0.1, 0.15) is 18.4 Å². The van der Waals surface area contributed by atoms with Crippen LogP contribution in [0, 0.1) is 0 Å². The van der Waals surface area contributed by atoms with Crippen molar-refractivity contribution in [1.29, 1.82) is 0 Å². The van der Waals surface area contributed by atoms with E-state index in [4.69, 9.17) is 0 Å². The molecule has 0 unspecified atom stereocenters. The van der Waals surface area contributed by atoms with Crippen LogP contribution in [0.15, 0.2) is 36.9 Å². The molecule has 124 valence electrons. The molecule has 3 amide bonds. The second-order valence-corrected chi connectivity index (χ2v) is 5.61. The standard InChI is InChI=1S/C17H23N3O3/c1-2-9-18-17(23)19-14-5-3-13(4-6-14)12-16(22)20-10-7-15(21)8-11-20/h2-6,15,21H,1,7-12H2,(H2,18,19,23). The van der Waals surface area contributed by atoms with Gasteiger partial charge in [0.25, 0.3) is 0 Å². The van der Waals surface area contributed by atoms with Gasteiger partial charge in [0, 0.05) is 25.3 Å². The van der Waals surface area contributed by atoms with E-state index in [1.165, 1.54) is 0 Å². The molecule has 23 heavy (non-hydrogen) atoms. The Morgan fingerprint density at radius 3 is 2.52 bits per heavy atom. The minimum atomic E-state index is -0.291. The maximum Gasteiger partial charge on any atom is 0.319 e. The van der Waals surface area contributed by atoms with Crippen LogP contribution in [0.4, 0.5) is 10.5 Å². The fraction of sp³-hybridized carbons (Fsp3) is 0.412. The van der Waals surface area contributed by atoms with Gasteiger partial charge in [-0.25, -0.2) is 4.79 Å². The lowest BCUT2D eigenvalue weighted by Crippen LogP contribution is -2.40. The molecule has 0 spiro atoms. The molecule has 1 aromatic carbocycles. The molecule has 1 aromatic rings. The molecule has 6 heteroatoms. The summed E-state index contributed by atoms with van der Waals surface area (Å²) >= 11 is 0. The van der Waals surface area contributed by atoms with Gasteiger partial charge in [0.2, 0.25) is 5.91 Å². The highest BCUT2D eigenvalue weighted by Crippen LogP contribution is 2.14. The van der Waals surface area contributed by atoms with E-state index in [9.17, 15) is 14.7 Å². The van der Waals surface area contributed by atoms with E-state index in [0.29, 0.717) is 44.6 Å². The zero-order chi connectivity index (χ0) is 16.7. The molecule has 0 aromatic heterocycles. The Hall–Kier alpha value is -2.34. The number of nitrogens with zero attached hydrogens (tertiary/aromatic N) is 1. The third kappa shape index (κ3) is 5.41. The van der Waals surface area contributed by atoms with Gasteiger partial charge in [-0.05, 0) is 30.5 Å². The predicted octanol–water partition coefficient (Wildman–Crippen LogP) is 1.52. The van der Waals surface area contributed by atoms with E-state index in [0.717, 1.165) is 5.56 Å². The van der Waals surface area contributed by atoms with Crippen molar-refractivity contribution >= 4 is 17.6 Å². The van der Waals surface area contributed by atoms with Gasteiger partial charge in [-0.2, -0.15) is 0 Å². The number of carbonyl (C=O) groups excluding carboxylic acids is 2. The summed E-state index contributed by atoms with van der Waals surface area (Å²) in [7, 11) is 0. The number of aliphatic hydroxyl groups excluding tert-OH is 1. The van der Waals surface area contributed by atoms with Crippen LogP contribution in [0.25, 0.3) is 0 Å². The SMILES string of the molecule is C=CCNC(=O)Nc1ccc(CC(=O)N2CCC(O)CC2)cc1. The molecule has 6 nitrogen and oxygen atoms in total. The van der Waals surface area contributed by atoms with Gasteiger partial charge in [0.1, 0.15) is 0 Å². The number of urea groups is 1. The predicted molar refractivity (Wildman–Crippen MR) is 89.2 cm³/mol. The minimum absolute atomic E-state index is 0.0707. The van der Waals surface area contributed by atoms with Crippen molar-refractivity contribution in [3.8, 4) is 0 Å². The fourth-order valence-corrected chi connectivity index (χ4v) is 2.45. The van der Waals surface area contributed by atoms with E-state index in [2.05, 4.69) is 17.2 Å². The largest absolute Gasteiger partial charge is 0.393 e. The number of rotatable bonds is 5. The number of piperidine rings is 1. The van der Waals surface area contributed by atoms with Crippen LogP contribution < -0.4 is 10.6 Å². The fourth-order valence-electron chi connectivity index (χ4n) is 2.45. The van der Waals surface area contributed by atoms with Crippen LogP contribution in [0.5, 0.6) is 0 Å². The lowest BCUT2D eigenvalue weighted by molar-refractivity contribution is -0.132. The Balaban J connectivity index is 1.83. The smallest absolute Gasteiger partial charge is 0.319 e. The highest BCUT2D eigenvalue weighted by Gasteiger charge is 2.21. The molecule has 1 aliphatic rings. The average molecular weight is 317 g/mol. The van der Waals surface area contributed by atoms with Crippen molar-refractivity contribution in [3.63, 3.8) is 0 Å². The lowest BCUT2D eigenvalue weighted by atomic mass is 10.1. The van der Waals surface area contributed by atoms with Crippen molar-refractivity contribution < 1.29 is 14.7 Å². The minimum Gasteiger partial charge on any atom is -0.393 e. The number of carbonyl (C=O) groups is 2. The molecule has 0 saturated carbocycles. The van der Waals surface area contributed by atoms with Crippen LogP contribution in [0.3, 0.4) is 0 Å². The first-order valence-electron chi connectivity index (χ1n) is 7.79. The van der Waals surface area contributed by atoms with Crippen molar-refractivity contribution in [2.45, 2.75) is 25.4 Å². The summed E-state index contributed by atoms with van der Waals surface area (Å²) in [6, 6.07) is 6.92. The van der Waals surface area contributed by atoms with Crippen LogP contribution in [-0.2, 0) is 11.2 Å². The molecule has 0 atom stereocenters. The lowest BCUT2D eigenvalue weighted by Gasteiger charge is -2.29. The molecule has 1 saturated heterocycles. The molecule has 0 bridgehead atoms. The van der Waals surface area contributed by atoms with Crippen molar-refractivity contribution in [2.24, 2.45) is 0 Å². The number of hydrogen-bond acceptors (Lipinski definition) is 3. The first-order chi connectivity index (χ1) is 11.1. The molecular weight excluding hydrogens is 294 g/mol. The van der Waals surface area contributed by atoms with Crippen molar-refractivity contribution in [3.05, 3.63) is 42.5 Å². The van der Waals surface area contributed by atoms with Crippen LogP contribution in [0.2, 0.25) is 0 Å². The monoisotopic (exact) mass is 317 g/mol. The topological polar surface area (TPSA) is 81.7 Å². The molecule has 0 radical (unpaired) electrons. The maximum atomic E-state index is 12.2. The number of hydrogen-bond donors (Lipinski definition) is 3. The second-order valence-electron chi connectivity index (χ2n) is 5.61. The second kappa shape index (κ2) is 8.33. The van der Waals surface area contributed by atoms with E-state index < -0.39 is 0 Å². The van der Waals surface area contributed by atoms with E-state index in [1.54, 1.807) is 23.1 Å². The summed E-state index contributed by atoms with van der Waals surface area (Å²) in [5.74, 6) is 0.0707. The summed E-state index contributed by atoms with van der Waals surface area (Å²) in [4.78, 5) is 25.5. The zero-order valence-electron chi connectivity index (χ0n) is 13.1. The first-order valence-corrected chi connectivity index (χ1v) is 7.79. The van der Waals surface area contributed by atoms with Crippen molar-refractivity contribution in [2.75, 3.05) is 25.0 Å². The summed E-state index contributed by atoms with van der Waals surface area (Å²) < 4.78 is 0. The van der Waals surface area contributed by atoms with Gasteiger partial charge in [0.05, 0.1) is 12.5 Å². The third-order valence-corrected chi connectivity index (χ3v) is 3.79. The quantitative estimate of drug-likeness (QED) is 0.720. The van der Waals surface area contributed by atoms with E-state index >= 15 is 0 Å². The number of amides is 3. The average Bonchev–Trinajstić information content (AvgIpc) is 2.55. The van der Waals surface area contributed by atoms with Gasteiger partial charge in [-0.15, -0.1) is 6.58 Å². The summed E-state index contributed by atoms with van der Waals surface area (Å²) in [6.07, 6.45) is 2.95. The first kappa shape index (κ1) is 17.0. The van der Waals surface area contributed by atoms with E-state index in [1.807, 2.05) is 12.1 Å². The Morgan fingerprint density at radius 1 is 1.26 bits per heavy atom. The highest BCUT2D eigenvalue weighted by molar-refractivity contribution is 5.89. The molecule has 3 N–H and O–H groups in total. The van der Waals surface area contributed by atoms with Crippen molar-refractivity contribution in [1.82, 2.24) is 10.2 Å². The molecule has 1 heterocycles. The van der Waals surface area contributed by atoms with Gasteiger partial charge < -0.3 is 20.6 Å². The maximum absolute atomic E-state index is 12.2. The summed E-state index contributed by atoms with van der Waals surface area (Å²) in [5.41, 5.74) is 1.57. The van der Waals surface area contributed by atoms with Crippen LogP contribution >= 0.6 is 0 Å². The van der Waals surface area contributed by atoms with Gasteiger partial charge in [0.15, 0.2) is 0 Å². The van der Waals surface area contributed by atoms with Gasteiger partial charge in [-0.1, -0.05) is 18.2 Å². The molecule has 0 aliphatic carbocycles. The molecule has 2 rings (SSSR count). The number of aliphatic hydroxyl groups is 1. The Morgan fingerprint density at radius 2 is 1.91 bits per heavy atom. The van der Waals surface area contributed by atoms with Gasteiger partial charge in [-0.3, -0.25) is 4.79 Å². The van der Waals surface area contributed by atoms with E-state index in [-0.39, 0.29) is 18.0 Å². The number of anilines is 1. The number of benzene rings is 1. The highest BCUT2D eigenvalue weighted by atomic mass is 16.3. The summed E-state index contributed by atoms with van der Waals surface area (Å²) in [6.45, 7) is 5.16. The van der Waals surface area contributed by atoms with Gasteiger partial charge >= 0.3 is 6.03 Å². The van der Waals surface area contributed by atoms with Crippen LogP contribution in [-0.4, -0.2) is 47.7 Å². The Bertz CT molecular complexity index is 549. The third-order valence-electron chi connectivity index (χ3n) is 3.79. The Labute approximate surface area is 136 Å². The normalized spacial score (nSPS) is 15.1. The number of nitrogens with one attached hydrogen (secondary N) is 2. The summed E-state index contributed by atoms with van der Waals surface area (Å²) in [5, 5.41) is 14.8. The molecular formula is C17H23N3O3. The molecule has 1 fully saturated rings. The Kier molecular flexibility index (Phi) is 6.17. The zero-order valence-corrected chi connectivity index (χ0v) is 13.1.